The highest BCUT2D eigenvalue weighted by Gasteiger charge is 2.36. The molecule has 28 heavy (non-hydrogen) atoms. The van der Waals surface area contributed by atoms with Crippen LogP contribution in [-0.4, -0.2) is 29.9 Å². The lowest BCUT2D eigenvalue weighted by Gasteiger charge is -2.36. The van der Waals surface area contributed by atoms with E-state index in [-0.39, 0.29) is 5.76 Å². The summed E-state index contributed by atoms with van der Waals surface area (Å²) in [6.45, 7) is 8.60. The second-order valence-corrected chi connectivity index (χ2v) is 6.89. The number of halogens is 2. The van der Waals surface area contributed by atoms with Crippen molar-refractivity contribution in [2.45, 2.75) is 6.04 Å². The van der Waals surface area contributed by atoms with Crippen molar-refractivity contribution in [3.63, 3.8) is 0 Å². The quantitative estimate of drug-likeness (QED) is 0.613. The summed E-state index contributed by atoms with van der Waals surface area (Å²) >= 11 is 12.7. The Morgan fingerprint density at radius 3 is 2.61 bits per heavy atom. The summed E-state index contributed by atoms with van der Waals surface area (Å²) in [5.41, 5.74) is 1.77. The predicted octanol–water partition coefficient (Wildman–Crippen LogP) is 5.15. The van der Waals surface area contributed by atoms with Gasteiger partial charge in [-0.05, 0) is 30.3 Å². The van der Waals surface area contributed by atoms with Crippen LogP contribution in [0.15, 0.2) is 66.3 Å². The number of hydrogen-bond donors (Lipinski definition) is 0. The zero-order valence-corrected chi connectivity index (χ0v) is 16.5. The van der Waals surface area contributed by atoms with E-state index in [9.17, 15) is 10.1 Å². The van der Waals surface area contributed by atoms with Crippen molar-refractivity contribution in [3.05, 3.63) is 83.3 Å². The number of benzene rings is 1. The number of anilines is 1. The van der Waals surface area contributed by atoms with Gasteiger partial charge in [0.2, 0.25) is 0 Å². The molecule has 5 nitrogen and oxygen atoms in total. The van der Waals surface area contributed by atoms with Crippen LogP contribution in [0.1, 0.15) is 16.1 Å². The first-order valence-electron chi connectivity index (χ1n) is 8.46. The molecule has 1 aliphatic rings. The molecule has 2 aromatic rings. The van der Waals surface area contributed by atoms with Gasteiger partial charge in [0.15, 0.2) is 5.76 Å². The Labute approximate surface area is 173 Å². The first-order chi connectivity index (χ1) is 13.5. The molecule has 1 aromatic heterocycles. The van der Waals surface area contributed by atoms with Gasteiger partial charge in [-0.15, -0.1) is 13.2 Å². The van der Waals surface area contributed by atoms with Crippen LogP contribution >= 0.6 is 23.2 Å². The van der Waals surface area contributed by atoms with Crippen molar-refractivity contribution in [1.29, 1.82) is 5.26 Å². The molecule has 142 valence electrons. The molecule has 1 aromatic carbocycles. The number of fused-ring (bicyclic) bond motifs is 1. The monoisotopic (exact) mass is 413 g/mol. The summed E-state index contributed by atoms with van der Waals surface area (Å²) in [5.74, 6) is -0.335. The summed E-state index contributed by atoms with van der Waals surface area (Å²) in [5, 5.41) is 10.5. The standard InChI is InChI=1S/C21H17Cl2N3O2/c1-3-7-25(8-4-2)17-12-15(13-24)26(21(27)19-6-5-9-28-19)18-11-14(22)10-16(23)20(17)18/h3-6,9-12,15H,1-2,7-8H2/t15-/m1/s1. The fraction of sp³-hybridized carbons (Fsp3) is 0.143. The van der Waals surface area contributed by atoms with Crippen molar-refractivity contribution in [2.24, 2.45) is 0 Å². The molecule has 0 spiro atoms. The molecule has 0 radical (unpaired) electrons. The second kappa shape index (κ2) is 8.39. The molecule has 3 rings (SSSR count). The number of nitrogens with zero attached hydrogens (tertiary/aromatic N) is 3. The van der Waals surface area contributed by atoms with E-state index in [1.165, 1.54) is 11.2 Å². The van der Waals surface area contributed by atoms with Crippen molar-refractivity contribution >= 4 is 40.5 Å². The van der Waals surface area contributed by atoms with Crippen molar-refractivity contribution in [3.8, 4) is 6.07 Å². The summed E-state index contributed by atoms with van der Waals surface area (Å²) in [4.78, 5) is 16.4. The summed E-state index contributed by atoms with van der Waals surface area (Å²) in [6, 6.07) is 7.69. The fourth-order valence-corrected chi connectivity index (χ4v) is 3.74. The van der Waals surface area contributed by atoms with Gasteiger partial charge in [-0.25, -0.2) is 0 Å². The lowest BCUT2D eigenvalue weighted by molar-refractivity contribution is 0.0958. The molecule has 1 aliphatic heterocycles. The van der Waals surface area contributed by atoms with E-state index >= 15 is 0 Å². The van der Waals surface area contributed by atoms with Gasteiger partial charge in [-0.2, -0.15) is 5.26 Å². The van der Waals surface area contributed by atoms with Crippen LogP contribution in [0.3, 0.4) is 0 Å². The number of hydrogen-bond acceptors (Lipinski definition) is 4. The Bertz CT molecular complexity index is 980. The normalized spacial score (nSPS) is 15.2. The molecule has 0 N–H and O–H groups in total. The van der Waals surface area contributed by atoms with Gasteiger partial charge in [0.05, 0.1) is 23.0 Å². The average molecular weight is 414 g/mol. The fourth-order valence-electron chi connectivity index (χ4n) is 3.16. The summed E-state index contributed by atoms with van der Waals surface area (Å²) in [6.07, 6.45) is 6.60. The lowest BCUT2D eigenvalue weighted by atomic mass is 9.98. The topological polar surface area (TPSA) is 60.5 Å². The maximum Gasteiger partial charge on any atom is 0.295 e. The van der Waals surface area contributed by atoms with Crippen LogP contribution in [0.5, 0.6) is 0 Å². The van der Waals surface area contributed by atoms with E-state index in [1.807, 2.05) is 4.90 Å². The second-order valence-electron chi connectivity index (χ2n) is 6.04. The molecule has 1 amide bonds. The van der Waals surface area contributed by atoms with Gasteiger partial charge >= 0.3 is 0 Å². The maximum absolute atomic E-state index is 13.1. The predicted molar refractivity (Wildman–Crippen MR) is 111 cm³/mol. The van der Waals surface area contributed by atoms with Crippen molar-refractivity contribution in [2.75, 3.05) is 18.0 Å². The summed E-state index contributed by atoms with van der Waals surface area (Å²) < 4.78 is 5.24. The number of carbonyl (C=O) groups is 1. The van der Waals surface area contributed by atoms with E-state index in [0.717, 1.165) is 0 Å². The van der Waals surface area contributed by atoms with Crippen LogP contribution in [0.2, 0.25) is 10.0 Å². The van der Waals surface area contributed by atoms with Gasteiger partial charge in [-0.3, -0.25) is 9.69 Å². The molecule has 0 bridgehead atoms. The number of carbonyl (C=O) groups excluding carboxylic acids is 1. The molecule has 1 atom stereocenters. The third-order valence-electron chi connectivity index (χ3n) is 4.27. The van der Waals surface area contributed by atoms with E-state index in [1.54, 1.807) is 42.5 Å². The highest BCUT2D eigenvalue weighted by Crippen LogP contribution is 2.42. The molecular formula is C21H17Cl2N3O2. The van der Waals surface area contributed by atoms with Gasteiger partial charge in [0.1, 0.15) is 6.04 Å². The Kier molecular flexibility index (Phi) is 5.93. The van der Waals surface area contributed by atoms with E-state index < -0.39 is 11.9 Å². The van der Waals surface area contributed by atoms with Crippen molar-refractivity contribution in [1.82, 2.24) is 4.90 Å². The van der Waals surface area contributed by atoms with Crippen LogP contribution in [0, 0.1) is 11.3 Å². The first-order valence-corrected chi connectivity index (χ1v) is 9.22. The van der Waals surface area contributed by atoms with E-state index in [0.29, 0.717) is 40.1 Å². The zero-order chi connectivity index (χ0) is 20.3. The van der Waals surface area contributed by atoms with Crippen LogP contribution < -0.4 is 4.90 Å². The molecule has 0 fully saturated rings. The number of rotatable bonds is 6. The molecule has 0 unspecified atom stereocenters. The third kappa shape index (κ3) is 3.57. The van der Waals surface area contributed by atoms with Gasteiger partial charge in [-0.1, -0.05) is 35.4 Å². The Morgan fingerprint density at radius 2 is 2.04 bits per heavy atom. The van der Waals surface area contributed by atoms with Crippen LogP contribution in [0.4, 0.5) is 5.69 Å². The van der Waals surface area contributed by atoms with E-state index in [2.05, 4.69) is 19.2 Å². The summed E-state index contributed by atoms with van der Waals surface area (Å²) in [7, 11) is 0. The largest absolute Gasteiger partial charge is 0.459 e. The SMILES string of the molecule is C=CCN(CC=C)C1=C[C@H](C#N)N(C(=O)c2ccco2)c2cc(Cl)cc(Cl)c21. The smallest absolute Gasteiger partial charge is 0.295 e. The molecular weight excluding hydrogens is 397 g/mol. The minimum Gasteiger partial charge on any atom is -0.459 e. The van der Waals surface area contributed by atoms with Crippen molar-refractivity contribution < 1.29 is 9.21 Å². The molecule has 0 aliphatic carbocycles. The minimum atomic E-state index is -0.869. The van der Waals surface area contributed by atoms with Gasteiger partial charge < -0.3 is 9.32 Å². The maximum atomic E-state index is 13.1. The average Bonchev–Trinajstić information content (AvgIpc) is 3.20. The lowest BCUT2D eigenvalue weighted by Crippen LogP contribution is -2.42. The zero-order valence-electron chi connectivity index (χ0n) is 14.9. The van der Waals surface area contributed by atoms with Gasteiger partial charge in [0, 0.05) is 29.4 Å². The molecule has 7 heteroatoms. The third-order valence-corrected chi connectivity index (χ3v) is 4.78. The van der Waals surface area contributed by atoms with E-state index in [4.69, 9.17) is 27.6 Å². The van der Waals surface area contributed by atoms with Gasteiger partial charge in [0.25, 0.3) is 5.91 Å². The Balaban J connectivity index is 2.22. The van der Waals surface area contributed by atoms with Crippen LogP contribution in [0.25, 0.3) is 5.70 Å². The minimum absolute atomic E-state index is 0.119. The highest BCUT2D eigenvalue weighted by atomic mass is 35.5. The number of furan rings is 1. The number of amides is 1. The van der Waals surface area contributed by atoms with Crippen LogP contribution in [-0.2, 0) is 0 Å². The highest BCUT2D eigenvalue weighted by molar-refractivity contribution is 6.37. The Morgan fingerprint density at radius 1 is 1.32 bits per heavy atom. The first kappa shape index (κ1) is 19.8. The Hall–Kier alpha value is -2.94. The molecule has 0 saturated heterocycles. The number of nitriles is 1. The molecule has 2 heterocycles. The molecule has 0 saturated carbocycles.